The molecule has 0 saturated heterocycles. The summed E-state index contributed by atoms with van der Waals surface area (Å²) in [6, 6.07) is 4.18. The Bertz CT molecular complexity index is 546. The number of unbranched alkanes of at least 4 members (excludes halogenated alkanes) is 2. The zero-order valence-corrected chi connectivity index (χ0v) is 11.9. The van der Waals surface area contributed by atoms with Crippen LogP contribution in [-0.2, 0) is 10.0 Å². The van der Waals surface area contributed by atoms with Crippen molar-refractivity contribution in [1.29, 1.82) is 0 Å². The quantitative estimate of drug-likeness (QED) is 0.716. The first-order valence-electron chi connectivity index (χ1n) is 6.21. The molecule has 2 N–H and O–H groups in total. The highest BCUT2D eigenvalue weighted by molar-refractivity contribution is 7.89. The fraction of sp³-hybridized carbons (Fsp3) is 0.500. The lowest BCUT2D eigenvalue weighted by atomic mass is 10.2. The van der Waals surface area contributed by atoms with Crippen LogP contribution in [0.4, 0.5) is 13.2 Å². The SMILES string of the molecule is O=S(=O)(NCCCCCO)c1cccc(OC(F)(F)F)c1. The van der Waals surface area contributed by atoms with Crippen molar-refractivity contribution in [2.24, 2.45) is 0 Å². The van der Waals surface area contributed by atoms with E-state index in [1.807, 2.05) is 0 Å². The standard InChI is InChI=1S/C12H16F3NO4S/c13-12(14,15)20-10-5-4-6-11(9-10)21(18,19)16-7-2-1-3-8-17/h4-6,9,16-17H,1-3,7-8H2. The molecule has 1 aromatic rings. The predicted octanol–water partition coefficient (Wildman–Crippen LogP) is 2.03. The zero-order valence-electron chi connectivity index (χ0n) is 11.1. The van der Waals surface area contributed by atoms with Gasteiger partial charge in [0.05, 0.1) is 4.90 Å². The van der Waals surface area contributed by atoms with Crippen molar-refractivity contribution >= 4 is 10.0 Å². The molecule has 1 rings (SSSR count). The Morgan fingerprint density at radius 1 is 1.19 bits per heavy atom. The normalized spacial score (nSPS) is 12.4. The lowest BCUT2D eigenvalue weighted by Crippen LogP contribution is -2.25. The number of ether oxygens (including phenoxy) is 1. The van der Waals surface area contributed by atoms with Gasteiger partial charge in [-0.1, -0.05) is 6.07 Å². The van der Waals surface area contributed by atoms with E-state index in [4.69, 9.17) is 5.11 Å². The van der Waals surface area contributed by atoms with Crippen molar-refractivity contribution in [3.8, 4) is 5.75 Å². The van der Waals surface area contributed by atoms with Crippen molar-refractivity contribution in [2.45, 2.75) is 30.5 Å². The summed E-state index contributed by atoms with van der Waals surface area (Å²) in [6.45, 7) is 0.177. The summed E-state index contributed by atoms with van der Waals surface area (Å²) >= 11 is 0. The lowest BCUT2D eigenvalue weighted by Gasteiger charge is -2.11. The van der Waals surface area contributed by atoms with Gasteiger partial charge in [0, 0.05) is 19.2 Å². The Morgan fingerprint density at radius 3 is 2.52 bits per heavy atom. The molecule has 21 heavy (non-hydrogen) atoms. The zero-order chi connectivity index (χ0) is 15.9. The Morgan fingerprint density at radius 2 is 1.90 bits per heavy atom. The highest BCUT2D eigenvalue weighted by atomic mass is 32.2. The summed E-state index contributed by atoms with van der Waals surface area (Å²) in [5, 5.41) is 8.58. The van der Waals surface area contributed by atoms with Crippen molar-refractivity contribution < 1.29 is 31.4 Å². The molecule has 9 heteroatoms. The van der Waals surface area contributed by atoms with Gasteiger partial charge in [0.25, 0.3) is 0 Å². The van der Waals surface area contributed by atoms with Gasteiger partial charge in [-0.15, -0.1) is 13.2 Å². The van der Waals surface area contributed by atoms with Crippen molar-refractivity contribution in [2.75, 3.05) is 13.2 Å². The number of alkyl halides is 3. The number of aliphatic hydroxyl groups excluding tert-OH is 1. The van der Waals surface area contributed by atoms with Gasteiger partial charge in [-0.3, -0.25) is 0 Å². The average molecular weight is 327 g/mol. The molecule has 120 valence electrons. The Kier molecular flexibility index (Phi) is 6.43. The number of nitrogens with one attached hydrogen (secondary N) is 1. The van der Waals surface area contributed by atoms with Crippen LogP contribution in [0.15, 0.2) is 29.2 Å². The second-order valence-corrected chi connectivity index (χ2v) is 5.97. The van der Waals surface area contributed by atoms with Gasteiger partial charge in [-0.2, -0.15) is 0 Å². The van der Waals surface area contributed by atoms with Crippen LogP contribution in [0.2, 0.25) is 0 Å². The number of sulfonamides is 1. The molecule has 0 radical (unpaired) electrons. The largest absolute Gasteiger partial charge is 0.573 e. The molecule has 5 nitrogen and oxygen atoms in total. The van der Waals surface area contributed by atoms with E-state index < -0.39 is 22.1 Å². The highest BCUT2D eigenvalue weighted by Gasteiger charge is 2.31. The number of hydrogen-bond donors (Lipinski definition) is 2. The minimum Gasteiger partial charge on any atom is -0.406 e. The first kappa shape index (κ1) is 17.7. The third-order valence-electron chi connectivity index (χ3n) is 2.48. The van der Waals surface area contributed by atoms with Crippen molar-refractivity contribution in [3.05, 3.63) is 24.3 Å². The highest BCUT2D eigenvalue weighted by Crippen LogP contribution is 2.24. The Labute approximate surface area is 120 Å². The summed E-state index contributed by atoms with van der Waals surface area (Å²) < 4.78 is 66.0. The molecule has 0 amide bonds. The molecule has 0 unspecified atom stereocenters. The molecule has 0 atom stereocenters. The summed E-state index contributed by atoms with van der Waals surface area (Å²) in [4.78, 5) is -0.300. The van der Waals surface area contributed by atoms with Gasteiger partial charge in [0.1, 0.15) is 5.75 Å². The molecule has 1 aromatic carbocycles. The van der Waals surface area contributed by atoms with Crippen LogP contribution in [0.1, 0.15) is 19.3 Å². The first-order valence-corrected chi connectivity index (χ1v) is 7.69. The maximum atomic E-state index is 12.1. The van der Waals surface area contributed by atoms with E-state index in [2.05, 4.69) is 9.46 Å². The van der Waals surface area contributed by atoms with Gasteiger partial charge in [0.15, 0.2) is 0 Å². The number of benzene rings is 1. The molecule has 0 saturated carbocycles. The van der Waals surface area contributed by atoms with Crippen LogP contribution >= 0.6 is 0 Å². The van der Waals surface area contributed by atoms with Crippen LogP contribution in [0.25, 0.3) is 0 Å². The van der Waals surface area contributed by atoms with E-state index in [0.717, 1.165) is 12.1 Å². The minimum absolute atomic E-state index is 0.0313. The minimum atomic E-state index is -4.87. The molecule has 0 fully saturated rings. The molecular formula is C12H16F3NO4S. The van der Waals surface area contributed by atoms with Crippen LogP contribution in [0, 0.1) is 0 Å². The summed E-state index contributed by atoms with van der Waals surface area (Å²) in [5.41, 5.74) is 0. The number of rotatable bonds is 8. The van der Waals surface area contributed by atoms with Gasteiger partial charge in [0.2, 0.25) is 10.0 Å². The van der Waals surface area contributed by atoms with E-state index in [1.165, 1.54) is 12.1 Å². The van der Waals surface area contributed by atoms with Gasteiger partial charge < -0.3 is 9.84 Å². The van der Waals surface area contributed by atoms with E-state index in [-0.39, 0.29) is 18.0 Å². The number of hydrogen-bond acceptors (Lipinski definition) is 4. The molecule has 0 aromatic heterocycles. The summed E-state index contributed by atoms with van der Waals surface area (Å²) in [7, 11) is -3.89. The third kappa shape index (κ3) is 6.78. The third-order valence-corrected chi connectivity index (χ3v) is 3.94. The monoisotopic (exact) mass is 327 g/mol. The molecule has 0 spiro atoms. The Hall–Kier alpha value is -1.32. The second-order valence-electron chi connectivity index (χ2n) is 4.20. The van der Waals surface area contributed by atoms with Crippen LogP contribution < -0.4 is 9.46 Å². The Balaban J connectivity index is 2.68. The number of halogens is 3. The molecule has 0 bridgehead atoms. The van der Waals surface area contributed by atoms with Gasteiger partial charge in [-0.05, 0) is 31.4 Å². The summed E-state index contributed by atoms with van der Waals surface area (Å²) in [5.74, 6) is -0.592. The van der Waals surface area contributed by atoms with Crippen molar-refractivity contribution in [1.82, 2.24) is 4.72 Å². The van der Waals surface area contributed by atoms with E-state index in [0.29, 0.717) is 19.3 Å². The lowest BCUT2D eigenvalue weighted by molar-refractivity contribution is -0.274. The van der Waals surface area contributed by atoms with Crippen LogP contribution in [0.5, 0.6) is 5.75 Å². The maximum Gasteiger partial charge on any atom is 0.573 e. The predicted molar refractivity (Wildman–Crippen MR) is 69.3 cm³/mol. The number of aliphatic hydroxyl groups is 1. The van der Waals surface area contributed by atoms with Crippen LogP contribution in [-0.4, -0.2) is 33.0 Å². The molecular weight excluding hydrogens is 311 g/mol. The molecule has 0 heterocycles. The van der Waals surface area contributed by atoms with Crippen molar-refractivity contribution in [3.63, 3.8) is 0 Å². The van der Waals surface area contributed by atoms with Crippen LogP contribution in [0.3, 0.4) is 0 Å². The molecule has 0 aliphatic heterocycles. The topological polar surface area (TPSA) is 75.6 Å². The fourth-order valence-corrected chi connectivity index (χ4v) is 2.65. The smallest absolute Gasteiger partial charge is 0.406 e. The molecule has 0 aliphatic carbocycles. The summed E-state index contributed by atoms with van der Waals surface area (Å²) in [6.07, 6.45) is -3.13. The maximum absolute atomic E-state index is 12.1. The van der Waals surface area contributed by atoms with E-state index in [9.17, 15) is 21.6 Å². The second kappa shape index (κ2) is 7.62. The van der Waals surface area contributed by atoms with Gasteiger partial charge in [-0.25, -0.2) is 13.1 Å². The van der Waals surface area contributed by atoms with E-state index >= 15 is 0 Å². The first-order chi connectivity index (χ1) is 9.74. The average Bonchev–Trinajstić information content (AvgIpc) is 2.37. The fourth-order valence-electron chi connectivity index (χ4n) is 1.54. The van der Waals surface area contributed by atoms with E-state index in [1.54, 1.807) is 0 Å². The van der Waals surface area contributed by atoms with Gasteiger partial charge >= 0.3 is 6.36 Å². The molecule has 0 aliphatic rings.